The molecule has 0 saturated heterocycles. The van der Waals surface area contributed by atoms with Crippen molar-refractivity contribution in [2.45, 2.75) is 12.6 Å². The molecule has 2 aromatic carbocycles. The normalized spacial score (nSPS) is 17.9. The van der Waals surface area contributed by atoms with Crippen molar-refractivity contribution in [1.82, 2.24) is 4.57 Å². The van der Waals surface area contributed by atoms with E-state index < -0.39 is 6.10 Å². The number of ether oxygens (including phenoxy) is 4. The first-order valence-corrected chi connectivity index (χ1v) is 11.8. The maximum absolute atomic E-state index is 12.9. The number of hydrogen-bond donors (Lipinski definition) is 0. The molecule has 2 aliphatic rings. The minimum Gasteiger partial charge on any atom is -0.486 e. The average molecular weight is 445 g/mol. The number of para-hydroxylation sites is 2. The standard InChI is InChI=1S/C21H20N2O5S2/c1-29-9-6-23-13-10-16-17(26-8-7-25-16)11-19(13)30-21(23)22-20(24)18-12-27-14-4-2-3-5-15(14)28-18/h2-5,10-11,18H,6-9,12H2,1H3. The van der Waals surface area contributed by atoms with E-state index in [1.54, 1.807) is 17.8 Å². The zero-order valence-corrected chi connectivity index (χ0v) is 18.0. The van der Waals surface area contributed by atoms with Crippen molar-refractivity contribution in [3.63, 3.8) is 0 Å². The molecule has 1 atom stereocenters. The number of fused-ring (bicyclic) bond motifs is 3. The molecule has 1 amide bonds. The summed E-state index contributed by atoms with van der Waals surface area (Å²) >= 11 is 3.20. The van der Waals surface area contributed by atoms with Crippen LogP contribution in [0.5, 0.6) is 23.0 Å². The van der Waals surface area contributed by atoms with Crippen LogP contribution in [0.4, 0.5) is 0 Å². The first-order chi connectivity index (χ1) is 14.7. The number of hydrogen-bond acceptors (Lipinski definition) is 7. The average Bonchev–Trinajstić information content (AvgIpc) is 3.11. The zero-order valence-electron chi connectivity index (χ0n) is 16.3. The molecule has 0 aliphatic carbocycles. The molecule has 7 nitrogen and oxygen atoms in total. The van der Waals surface area contributed by atoms with Gasteiger partial charge in [-0.1, -0.05) is 23.5 Å². The van der Waals surface area contributed by atoms with E-state index in [1.165, 1.54) is 11.3 Å². The topological polar surface area (TPSA) is 71.3 Å². The highest BCUT2D eigenvalue weighted by Crippen LogP contribution is 2.36. The number of nitrogens with zero attached hydrogens (tertiary/aromatic N) is 2. The van der Waals surface area contributed by atoms with E-state index >= 15 is 0 Å². The number of aryl methyl sites for hydroxylation is 1. The van der Waals surface area contributed by atoms with E-state index in [2.05, 4.69) is 15.8 Å². The van der Waals surface area contributed by atoms with E-state index in [0.717, 1.165) is 34.0 Å². The molecular weight excluding hydrogens is 424 g/mol. The van der Waals surface area contributed by atoms with Gasteiger partial charge in [0.25, 0.3) is 5.91 Å². The van der Waals surface area contributed by atoms with Crippen LogP contribution in [-0.2, 0) is 11.3 Å². The second kappa shape index (κ2) is 8.23. The summed E-state index contributed by atoms with van der Waals surface area (Å²) in [4.78, 5) is 18.0. The number of amides is 1. The molecule has 3 heterocycles. The molecule has 0 bridgehead atoms. The molecule has 3 aromatic rings. The molecule has 0 fully saturated rings. The van der Waals surface area contributed by atoms with E-state index in [0.29, 0.717) is 29.5 Å². The summed E-state index contributed by atoms with van der Waals surface area (Å²) in [7, 11) is 0. The second-order valence-corrected chi connectivity index (χ2v) is 8.80. The van der Waals surface area contributed by atoms with Crippen molar-refractivity contribution < 1.29 is 23.7 Å². The number of benzene rings is 2. The van der Waals surface area contributed by atoms with Gasteiger partial charge >= 0.3 is 0 Å². The summed E-state index contributed by atoms with van der Waals surface area (Å²) in [6.07, 6.45) is 1.29. The van der Waals surface area contributed by atoms with Gasteiger partial charge in [0.05, 0.1) is 10.2 Å². The van der Waals surface area contributed by atoms with Crippen molar-refractivity contribution in [3.8, 4) is 23.0 Å². The molecule has 5 rings (SSSR count). The first kappa shape index (κ1) is 19.3. The van der Waals surface area contributed by atoms with Crippen molar-refractivity contribution >= 4 is 39.2 Å². The fourth-order valence-corrected chi connectivity index (χ4v) is 4.83. The molecule has 30 heavy (non-hydrogen) atoms. The highest BCUT2D eigenvalue weighted by Gasteiger charge is 2.27. The lowest BCUT2D eigenvalue weighted by Crippen LogP contribution is -2.36. The highest BCUT2D eigenvalue weighted by molar-refractivity contribution is 7.98. The molecule has 156 valence electrons. The van der Waals surface area contributed by atoms with E-state index in [-0.39, 0.29) is 12.5 Å². The Morgan fingerprint density at radius 2 is 1.90 bits per heavy atom. The minimum absolute atomic E-state index is 0.144. The Kier molecular flexibility index (Phi) is 5.30. The minimum atomic E-state index is -0.765. The van der Waals surface area contributed by atoms with E-state index in [1.807, 2.05) is 30.3 Å². The monoisotopic (exact) mass is 444 g/mol. The van der Waals surface area contributed by atoms with Crippen LogP contribution >= 0.6 is 23.1 Å². The summed E-state index contributed by atoms with van der Waals surface area (Å²) in [6.45, 7) is 1.94. The van der Waals surface area contributed by atoms with Crippen LogP contribution < -0.4 is 23.7 Å². The van der Waals surface area contributed by atoms with Crippen LogP contribution in [0.2, 0.25) is 0 Å². The Hall–Kier alpha value is -2.65. The number of thiazole rings is 1. The quantitative estimate of drug-likeness (QED) is 0.616. The largest absolute Gasteiger partial charge is 0.486 e. The van der Waals surface area contributed by atoms with Crippen LogP contribution in [-0.4, -0.2) is 48.4 Å². The fraction of sp³-hybridized carbons (Fsp3) is 0.333. The van der Waals surface area contributed by atoms with Gasteiger partial charge in [-0.15, -0.1) is 0 Å². The van der Waals surface area contributed by atoms with Crippen LogP contribution in [0.3, 0.4) is 0 Å². The number of aromatic nitrogens is 1. The van der Waals surface area contributed by atoms with Crippen LogP contribution in [0.15, 0.2) is 41.4 Å². The fourth-order valence-electron chi connectivity index (χ4n) is 3.40. The summed E-state index contributed by atoms with van der Waals surface area (Å²) in [5, 5.41) is 0. The maximum Gasteiger partial charge on any atom is 0.292 e. The van der Waals surface area contributed by atoms with Gasteiger partial charge in [-0.25, -0.2) is 0 Å². The molecule has 1 unspecified atom stereocenters. The van der Waals surface area contributed by atoms with Gasteiger partial charge in [0.2, 0.25) is 6.10 Å². The molecule has 2 aliphatic heterocycles. The summed E-state index contributed by atoms with van der Waals surface area (Å²) in [5.41, 5.74) is 0.982. The summed E-state index contributed by atoms with van der Waals surface area (Å²) < 4.78 is 26.0. The summed E-state index contributed by atoms with van der Waals surface area (Å²) in [5.74, 6) is 3.20. The molecule has 1 aromatic heterocycles. The lowest BCUT2D eigenvalue weighted by molar-refractivity contribution is -0.127. The van der Waals surface area contributed by atoms with Gasteiger partial charge in [-0.2, -0.15) is 16.8 Å². The maximum atomic E-state index is 12.9. The van der Waals surface area contributed by atoms with Crippen molar-refractivity contribution in [2.75, 3.05) is 31.8 Å². The van der Waals surface area contributed by atoms with Gasteiger partial charge in [0, 0.05) is 24.4 Å². The Bertz CT molecular complexity index is 1170. The molecule has 0 radical (unpaired) electrons. The predicted molar refractivity (Wildman–Crippen MR) is 116 cm³/mol. The Morgan fingerprint density at radius 3 is 2.70 bits per heavy atom. The molecule has 0 spiro atoms. The SMILES string of the molecule is CSCCn1c(=NC(=O)C2COc3ccccc3O2)sc2cc3c(cc21)OCCO3. The van der Waals surface area contributed by atoms with Crippen molar-refractivity contribution in [1.29, 1.82) is 0 Å². The predicted octanol–water partition coefficient (Wildman–Crippen LogP) is 3.10. The molecule has 0 N–H and O–H groups in total. The van der Waals surface area contributed by atoms with Crippen molar-refractivity contribution in [3.05, 3.63) is 41.2 Å². The number of thioether (sulfide) groups is 1. The van der Waals surface area contributed by atoms with E-state index in [4.69, 9.17) is 18.9 Å². The van der Waals surface area contributed by atoms with Gasteiger partial charge in [-0.3, -0.25) is 4.79 Å². The molecular formula is C21H20N2O5S2. The molecule has 0 saturated carbocycles. The third-order valence-corrected chi connectivity index (χ3v) is 6.49. The first-order valence-electron chi connectivity index (χ1n) is 9.62. The van der Waals surface area contributed by atoms with Crippen LogP contribution in [0, 0.1) is 0 Å². The van der Waals surface area contributed by atoms with Gasteiger partial charge in [-0.05, 0) is 18.4 Å². The van der Waals surface area contributed by atoms with Gasteiger partial charge < -0.3 is 23.5 Å². The number of carbonyl (C=O) groups is 1. The lowest BCUT2D eigenvalue weighted by atomic mass is 10.2. The summed E-state index contributed by atoms with van der Waals surface area (Å²) in [6, 6.07) is 11.3. The Morgan fingerprint density at radius 1 is 1.13 bits per heavy atom. The lowest BCUT2D eigenvalue weighted by Gasteiger charge is -2.23. The number of carbonyl (C=O) groups excluding carboxylic acids is 1. The highest BCUT2D eigenvalue weighted by atomic mass is 32.2. The van der Waals surface area contributed by atoms with Crippen LogP contribution in [0.1, 0.15) is 0 Å². The van der Waals surface area contributed by atoms with Gasteiger partial charge in [0.15, 0.2) is 27.8 Å². The Labute approximate surface area is 181 Å². The van der Waals surface area contributed by atoms with E-state index in [9.17, 15) is 4.79 Å². The zero-order chi connectivity index (χ0) is 20.5. The smallest absolute Gasteiger partial charge is 0.292 e. The van der Waals surface area contributed by atoms with Crippen molar-refractivity contribution in [2.24, 2.45) is 4.99 Å². The molecule has 9 heteroatoms. The van der Waals surface area contributed by atoms with Crippen LogP contribution in [0.25, 0.3) is 10.2 Å². The van der Waals surface area contributed by atoms with Gasteiger partial charge in [0.1, 0.15) is 19.8 Å². The number of rotatable bonds is 4. The second-order valence-electron chi connectivity index (χ2n) is 6.81. The Balaban J connectivity index is 1.52. The third kappa shape index (κ3) is 3.63. The third-order valence-electron chi connectivity index (χ3n) is 4.86.